The van der Waals surface area contributed by atoms with E-state index in [1.807, 2.05) is 0 Å². The van der Waals surface area contributed by atoms with Crippen LogP contribution >= 0.6 is 0 Å². The van der Waals surface area contributed by atoms with Gasteiger partial charge in [0, 0.05) is 6.07 Å². The van der Waals surface area contributed by atoms with Gasteiger partial charge in [0.25, 0.3) is 0 Å². The molecule has 1 aromatic heterocycles. The minimum absolute atomic E-state index is 0.00305. The summed E-state index contributed by atoms with van der Waals surface area (Å²) in [5, 5.41) is 16.3. The normalized spacial score (nSPS) is 10.5. The number of nitrogens with zero attached hydrogens (tertiary/aromatic N) is 2. The van der Waals surface area contributed by atoms with E-state index in [0.29, 0.717) is 0 Å². The maximum atomic E-state index is 13.7. The highest BCUT2D eigenvalue weighted by Gasteiger charge is 2.24. The second-order valence-corrected chi connectivity index (χ2v) is 3.21. The molecule has 3 N–H and O–H groups in total. The summed E-state index contributed by atoms with van der Waals surface area (Å²) in [4.78, 5) is 9.59. The molecule has 8 heteroatoms. The number of nitrogens with one attached hydrogen (secondary N) is 1. The van der Waals surface area contributed by atoms with Crippen molar-refractivity contribution in [3.05, 3.63) is 40.1 Å². The number of rotatable bonds is 2. The number of nitrogen functional groups attached to an aromatic ring is 1. The first-order chi connectivity index (χ1) is 8.02. The van der Waals surface area contributed by atoms with Crippen molar-refractivity contribution in [2.75, 3.05) is 5.73 Å². The maximum Gasteiger partial charge on any atom is 0.305 e. The number of hydrogen-bond donors (Lipinski definition) is 2. The highest BCUT2D eigenvalue weighted by atomic mass is 19.1. The van der Waals surface area contributed by atoms with E-state index in [9.17, 15) is 18.9 Å². The average molecular weight is 240 g/mol. The second kappa shape index (κ2) is 3.81. The van der Waals surface area contributed by atoms with Crippen LogP contribution in [0.3, 0.4) is 0 Å². The number of H-pyrrole nitrogens is 1. The zero-order valence-corrected chi connectivity index (χ0v) is 8.28. The lowest BCUT2D eigenvalue weighted by molar-refractivity contribution is -0.387. The Labute approximate surface area is 93.2 Å². The van der Waals surface area contributed by atoms with Crippen LogP contribution in [0.5, 0.6) is 0 Å². The van der Waals surface area contributed by atoms with Crippen molar-refractivity contribution in [2.45, 2.75) is 0 Å². The van der Waals surface area contributed by atoms with Gasteiger partial charge in [-0.3, -0.25) is 15.2 Å². The first kappa shape index (κ1) is 11.0. The number of hydrogen-bond acceptors (Lipinski definition) is 4. The van der Waals surface area contributed by atoms with Gasteiger partial charge >= 0.3 is 5.69 Å². The fourth-order valence-corrected chi connectivity index (χ4v) is 1.41. The average Bonchev–Trinajstić information content (AvgIpc) is 2.64. The van der Waals surface area contributed by atoms with Crippen LogP contribution in [-0.2, 0) is 0 Å². The summed E-state index contributed by atoms with van der Waals surface area (Å²) in [6.45, 7) is 0. The Balaban J connectivity index is 2.73. The zero-order valence-electron chi connectivity index (χ0n) is 8.28. The molecular weight excluding hydrogens is 234 g/mol. The van der Waals surface area contributed by atoms with Gasteiger partial charge in [0.05, 0.1) is 28.1 Å². The molecule has 88 valence electrons. The van der Waals surface area contributed by atoms with Gasteiger partial charge in [-0.15, -0.1) is 0 Å². The fourth-order valence-electron chi connectivity index (χ4n) is 1.41. The molecule has 0 aliphatic carbocycles. The molecule has 0 aliphatic rings. The Bertz CT molecular complexity index is 597. The van der Waals surface area contributed by atoms with E-state index < -0.39 is 27.8 Å². The van der Waals surface area contributed by atoms with Crippen LogP contribution < -0.4 is 5.73 Å². The lowest BCUT2D eigenvalue weighted by Gasteiger charge is -2.03. The third kappa shape index (κ3) is 1.69. The van der Waals surface area contributed by atoms with Crippen molar-refractivity contribution in [1.82, 2.24) is 10.2 Å². The van der Waals surface area contributed by atoms with E-state index in [1.165, 1.54) is 0 Å². The van der Waals surface area contributed by atoms with Crippen molar-refractivity contribution in [3.63, 3.8) is 0 Å². The van der Waals surface area contributed by atoms with Gasteiger partial charge in [0.15, 0.2) is 0 Å². The molecule has 17 heavy (non-hydrogen) atoms. The van der Waals surface area contributed by atoms with Crippen molar-refractivity contribution >= 4 is 11.4 Å². The summed E-state index contributed by atoms with van der Waals surface area (Å²) >= 11 is 0. The van der Waals surface area contributed by atoms with Crippen LogP contribution in [0, 0.1) is 21.7 Å². The molecule has 2 aromatic rings. The largest absolute Gasteiger partial charge is 0.396 e. The van der Waals surface area contributed by atoms with Crippen molar-refractivity contribution in [1.29, 1.82) is 0 Å². The second-order valence-electron chi connectivity index (χ2n) is 3.21. The van der Waals surface area contributed by atoms with Gasteiger partial charge in [-0.2, -0.15) is 9.49 Å². The first-order valence-electron chi connectivity index (χ1n) is 4.44. The number of halogens is 2. The fraction of sp³-hybridized carbons (Fsp3) is 0. The molecule has 0 aliphatic heterocycles. The number of nitrogens with two attached hydrogens (primary N) is 1. The van der Waals surface area contributed by atoms with Crippen LogP contribution in [0.1, 0.15) is 0 Å². The van der Waals surface area contributed by atoms with Crippen LogP contribution in [0.25, 0.3) is 11.3 Å². The summed E-state index contributed by atoms with van der Waals surface area (Å²) in [5.41, 5.74) is 3.91. The van der Waals surface area contributed by atoms with Crippen LogP contribution in [0.15, 0.2) is 18.3 Å². The van der Waals surface area contributed by atoms with Crippen LogP contribution in [0.2, 0.25) is 0 Å². The predicted octanol–water partition coefficient (Wildman–Crippen LogP) is 1.85. The van der Waals surface area contributed by atoms with Crippen LogP contribution in [-0.4, -0.2) is 15.1 Å². The number of aromatic amines is 1. The van der Waals surface area contributed by atoms with Gasteiger partial charge in [0.1, 0.15) is 5.82 Å². The Morgan fingerprint density at radius 3 is 2.65 bits per heavy atom. The molecule has 0 fully saturated rings. The van der Waals surface area contributed by atoms with E-state index in [0.717, 1.165) is 18.3 Å². The summed E-state index contributed by atoms with van der Waals surface area (Å²) in [6, 6.07) is 1.55. The Morgan fingerprint density at radius 1 is 1.41 bits per heavy atom. The molecule has 0 saturated carbocycles. The van der Waals surface area contributed by atoms with Crippen molar-refractivity contribution in [2.24, 2.45) is 0 Å². The Morgan fingerprint density at radius 2 is 2.12 bits per heavy atom. The predicted molar refractivity (Wildman–Crippen MR) is 55.0 cm³/mol. The van der Waals surface area contributed by atoms with E-state index in [-0.39, 0.29) is 11.4 Å². The minimum atomic E-state index is -1.29. The van der Waals surface area contributed by atoms with E-state index in [4.69, 9.17) is 5.73 Å². The third-order valence-corrected chi connectivity index (χ3v) is 2.19. The molecule has 1 heterocycles. The molecule has 0 radical (unpaired) electrons. The molecule has 0 bridgehead atoms. The molecule has 6 nitrogen and oxygen atoms in total. The van der Waals surface area contributed by atoms with Gasteiger partial charge in [0.2, 0.25) is 5.82 Å². The summed E-state index contributed by atoms with van der Waals surface area (Å²) < 4.78 is 27.2. The van der Waals surface area contributed by atoms with Crippen molar-refractivity contribution in [3.8, 4) is 11.3 Å². The summed E-state index contributed by atoms with van der Waals surface area (Å²) in [6.07, 6.45) is 1.16. The van der Waals surface area contributed by atoms with Crippen molar-refractivity contribution < 1.29 is 13.7 Å². The highest BCUT2D eigenvalue weighted by Crippen LogP contribution is 2.32. The topological polar surface area (TPSA) is 97.8 Å². The highest BCUT2D eigenvalue weighted by molar-refractivity contribution is 5.74. The van der Waals surface area contributed by atoms with E-state index >= 15 is 0 Å². The van der Waals surface area contributed by atoms with Crippen LogP contribution in [0.4, 0.5) is 20.2 Å². The smallest absolute Gasteiger partial charge is 0.305 e. The molecular formula is C9H6F2N4O2. The molecule has 0 saturated heterocycles. The number of anilines is 1. The van der Waals surface area contributed by atoms with Gasteiger partial charge in [-0.1, -0.05) is 0 Å². The molecule has 1 aromatic carbocycles. The van der Waals surface area contributed by atoms with Gasteiger partial charge < -0.3 is 5.73 Å². The molecule has 0 spiro atoms. The summed E-state index contributed by atoms with van der Waals surface area (Å²) in [5.74, 6) is -2.24. The first-order valence-corrected chi connectivity index (χ1v) is 4.44. The minimum Gasteiger partial charge on any atom is -0.396 e. The number of benzene rings is 1. The Hall–Kier alpha value is -2.51. The zero-order chi connectivity index (χ0) is 12.6. The maximum absolute atomic E-state index is 13.7. The quantitative estimate of drug-likeness (QED) is 0.618. The molecule has 0 atom stereocenters. The van der Waals surface area contributed by atoms with E-state index in [1.54, 1.807) is 0 Å². The SMILES string of the molecule is Nc1cn[nH]c1-c1c(F)ccc([N+](=O)[O-])c1F. The molecule has 2 rings (SSSR count). The van der Waals surface area contributed by atoms with Gasteiger partial charge in [-0.05, 0) is 6.07 Å². The number of nitro groups is 1. The third-order valence-electron chi connectivity index (χ3n) is 2.19. The number of nitro benzene ring substituents is 1. The Kier molecular flexibility index (Phi) is 2.47. The lowest BCUT2D eigenvalue weighted by Crippen LogP contribution is -1.99. The lowest BCUT2D eigenvalue weighted by atomic mass is 10.1. The monoisotopic (exact) mass is 240 g/mol. The van der Waals surface area contributed by atoms with Gasteiger partial charge in [-0.25, -0.2) is 4.39 Å². The molecule has 0 unspecified atom stereocenters. The standard InChI is InChI=1S/C9H6F2N4O2/c10-4-1-2-6(15(16)17)8(11)7(4)9-5(12)3-13-14-9/h1-3H,12H2,(H,13,14). The molecule has 0 amide bonds. The summed E-state index contributed by atoms with van der Waals surface area (Å²) in [7, 11) is 0. The van der Waals surface area contributed by atoms with E-state index in [2.05, 4.69) is 10.2 Å². The number of aromatic nitrogens is 2.